The Balaban J connectivity index is 1.94. The molecule has 6 nitrogen and oxygen atoms in total. The van der Waals surface area contributed by atoms with Crippen LogP contribution in [0, 0.1) is 0 Å². The van der Waals surface area contributed by atoms with Crippen molar-refractivity contribution < 1.29 is 0 Å². The first-order valence-electron chi connectivity index (χ1n) is 9.95. The van der Waals surface area contributed by atoms with Gasteiger partial charge in [-0.1, -0.05) is 42.5 Å². The Morgan fingerprint density at radius 3 is 2.47 bits per heavy atom. The fraction of sp³-hybridized carbons (Fsp3) is 0.304. The van der Waals surface area contributed by atoms with Crippen molar-refractivity contribution in [1.82, 2.24) is 25.2 Å². The summed E-state index contributed by atoms with van der Waals surface area (Å²) in [5.41, 5.74) is 8.46. The molecule has 0 spiro atoms. The van der Waals surface area contributed by atoms with Crippen LogP contribution in [-0.4, -0.2) is 25.2 Å². The summed E-state index contributed by atoms with van der Waals surface area (Å²) in [5.74, 6) is 0.460. The molecule has 0 aliphatic heterocycles. The first kappa shape index (κ1) is 20.4. The Morgan fingerprint density at radius 1 is 1.03 bits per heavy atom. The molecule has 0 radical (unpaired) electrons. The Kier molecular flexibility index (Phi) is 5.49. The van der Waals surface area contributed by atoms with E-state index in [0.29, 0.717) is 6.42 Å². The third-order valence-corrected chi connectivity index (χ3v) is 6.30. The first-order valence-corrected chi connectivity index (χ1v) is 10.8. The van der Waals surface area contributed by atoms with Crippen LogP contribution >= 0.6 is 11.3 Å². The third-order valence-electron chi connectivity index (χ3n) is 5.24. The van der Waals surface area contributed by atoms with Crippen LogP contribution in [0.15, 0.2) is 72.4 Å². The predicted octanol–water partition coefficient (Wildman–Crippen LogP) is 4.11. The molecule has 0 fully saturated rings. The first-order chi connectivity index (χ1) is 14.4. The molecule has 3 aromatic heterocycles. The highest BCUT2D eigenvalue weighted by atomic mass is 32.1. The zero-order valence-electron chi connectivity index (χ0n) is 17.4. The molecule has 0 aliphatic rings. The Bertz CT molecular complexity index is 1070. The van der Waals surface area contributed by atoms with Gasteiger partial charge in [0.15, 0.2) is 5.82 Å². The highest BCUT2D eigenvalue weighted by Gasteiger charge is 2.44. The van der Waals surface area contributed by atoms with Gasteiger partial charge in [0.1, 0.15) is 0 Å². The molecule has 1 aromatic carbocycles. The minimum Gasteiger partial charge on any atom is -0.320 e. The van der Waals surface area contributed by atoms with E-state index in [0.717, 1.165) is 21.8 Å². The van der Waals surface area contributed by atoms with E-state index in [1.165, 1.54) is 0 Å². The fourth-order valence-electron chi connectivity index (χ4n) is 3.88. The van der Waals surface area contributed by atoms with Crippen molar-refractivity contribution in [2.24, 2.45) is 5.73 Å². The molecule has 4 rings (SSSR count). The zero-order chi connectivity index (χ0) is 21.2. The number of aromatic nitrogens is 5. The van der Waals surface area contributed by atoms with Gasteiger partial charge in [0.25, 0.3) is 0 Å². The second-order valence-corrected chi connectivity index (χ2v) is 9.47. The lowest BCUT2D eigenvalue weighted by atomic mass is 9.74. The van der Waals surface area contributed by atoms with E-state index >= 15 is 0 Å². The molecule has 4 aromatic rings. The van der Waals surface area contributed by atoms with Crippen molar-refractivity contribution in [2.75, 3.05) is 0 Å². The molecular formula is C23H26N6S. The van der Waals surface area contributed by atoms with Crippen LogP contribution in [0.1, 0.15) is 48.5 Å². The quantitative estimate of drug-likeness (QED) is 0.509. The van der Waals surface area contributed by atoms with Crippen molar-refractivity contribution in [2.45, 2.75) is 44.2 Å². The van der Waals surface area contributed by atoms with Gasteiger partial charge in [0.2, 0.25) is 0 Å². The number of hydrogen-bond donors (Lipinski definition) is 1. The molecule has 0 bridgehead atoms. The molecule has 30 heavy (non-hydrogen) atoms. The van der Waals surface area contributed by atoms with Crippen molar-refractivity contribution in [3.05, 3.63) is 94.2 Å². The maximum Gasteiger partial charge on any atom is 0.161 e. The monoisotopic (exact) mass is 418 g/mol. The summed E-state index contributed by atoms with van der Waals surface area (Å²) in [4.78, 5) is 5.47. The lowest BCUT2D eigenvalue weighted by Crippen LogP contribution is -2.46. The van der Waals surface area contributed by atoms with Crippen molar-refractivity contribution in [3.63, 3.8) is 0 Å². The van der Waals surface area contributed by atoms with Crippen molar-refractivity contribution in [3.8, 4) is 0 Å². The summed E-state index contributed by atoms with van der Waals surface area (Å²) in [6.45, 7) is 6.27. The molecule has 154 valence electrons. The lowest BCUT2D eigenvalue weighted by Gasteiger charge is -2.37. The second-order valence-electron chi connectivity index (χ2n) is 8.52. The number of nitrogens with zero attached hydrogens (tertiary/aromatic N) is 5. The average Bonchev–Trinajstić information content (AvgIpc) is 3.42. The average molecular weight is 419 g/mol. The molecule has 2 N–H and O–H groups in total. The van der Waals surface area contributed by atoms with Crippen LogP contribution < -0.4 is 5.73 Å². The highest BCUT2D eigenvalue weighted by Crippen LogP contribution is 2.43. The highest BCUT2D eigenvalue weighted by molar-refractivity contribution is 7.10. The fourth-order valence-corrected chi connectivity index (χ4v) is 4.75. The zero-order valence-corrected chi connectivity index (χ0v) is 18.3. The largest absolute Gasteiger partial charge is 0.320 e. The predicted molar refractivity (Wildman–Crippen MR) is 119 cm³/mol. The number of tetrazole rings is 1. The van der Waals surface area contributed by atoms with Gasteiger partial charge in [-0.2, -0.15) is 0 Å². The van der Waals surface area contributed by atoms with Gasteiger partial charge in [-0.05, 0) is 66.3 Å². The maximum atomic E-state index is 7.35. The van der Waals surface area contributed by atoms with Gasteiger partial charge >= 0.3 is 0 Å². The van der Waals surface area contributed by atoms with Crippen LogP contribution in [0.3, 0.4) is 0 Å². The standard InChI is InChI=1S/C23H26N6S/c1-22(2,3)29-21(26-27-28-29)20(18-11-7-13-25-16-18)23(24,19-12-8-14-30-19)15-17-9-5-4-6-10-17/h4-14,16,20H,15,24H2,1-3H3. The Hall–Kier alpha value is -2.90. The van der Waals surface area contributed by atoms with Crippen molar-refractivity contribution >= 4 is 11.3 Å². The van der Waals surface area contributed by atoms with Crippen LogP contribution in [-0.2, 0) is 17.5 Å². The van der Waals surface area contributed by atoms with Gasteiger partial charge in [-0.3, -0.25) is 4.98 Å². The Labute approximate surface area is 180 Å². The summed E-state index contributed by atoms with van der Waals surface area (Å²) in [6.07, 6.45) is 4.28. The minimum absolute atomic E-state index is 0.278. The molecule has 0 aliphatic carbocycles. The van der Waals surface area contributed by atoms with Crippen molar-refractivity contribution in [1.29, 1.82) is 0 Å². The molecule has 0 amide bonds. The van der Waals surface area contributed by atoms with E-state index in [-0.39, 0.29) is 11.5 Å². The molecule has 2 atom stereocenters. The normalized spacial score (nSPS) is 14.9. The summed E-state index contributed by atoms with van der Waals surface area (Å²) >= 11 is 1.66. The smallest absolute Gasteiger partial charge is 0.161 e. The summed E-state index contributed by atoms with van der Waals surface area (Å²) in [5, 5.41) is 14.9. The summed E-state index contributed by atoms with van der Waals surface area (Å²) < 4.78 is 1.88. The van der Waals surface area contributed by atoms with Gasteiger partial charge in [-0.25, -0.2) is 4.68 Å². The number of thiophene rings is 1. The molecule has 0 saturated heterocycles. The molecular weight excluding hydrogens is 392 g/mol. The van der Waals surface area contributed by atoms with Crippen LogP contribution in [0.25, 0.3) is 0 Å². The van der Waals surface area contributed by atoms with Crippen LogP contribution in [0.4, 0.5) is 0 Å². The Morgan fingerprint density at radius 2 is 1.83 bits per heavy atom. The summed E-state index contributed by atoms with van der Waals surface area (Å²) in [7, 11) is 0. The van der Waals surface area contributed by atoms with E-state index < -0.39 is 5.54 Å². The molecule has 7 heteroatoms. The summed E-state index contributed by atoms with van der Waals surface area (Å²) in [6, 6.07) is 18.5. The topological polar surface area (TPSA) is 82.5 Å². The van der Waals surface area contributed by atoms with E-state index in [2.05, 4.69) is 70.9 Å². The van der Waals surface area contributed by atoms with E-state index in [9.17, 15) is 0 Å². The maximum absolute atomic E-state index is 7.35. The molecule has 0 saturated carbocycles. The van der Waals surface area contributed by atoms with Crippen LogP contribution in [0.5, 0.6) is 0 Å². The second kappa shape index (κ2) is 8.08. The number of nitrogens with two attached hydrogens (primary N) is 1. The van der Waals surface area contributed by atoms with Gasteiger partial charge in [0.05, 0.1) is 17.0 Å². The van der Waals surface area contributed by atoms with E-state index in [1.54, 1.807) is 17.5 Å². The number of pyridine rings is 1. The van der Waals surface area contributed by atoms with E-state index in [4.69, 9.17) is 5.73 Å². The van der Waals surface area contributed by atoms with Gasteiger partial charge in [0, 0.05) is 17.3 Å². The third kappa shape index (κ3) is 3.91. The van der Waals surface area contributed by atoms with Gasteiger partial charge in [-0.15, -0.1) is 16.4 Å². The number of rotatable bonds is 6. The lowest BCUT2D eigenvalue weighted by molar-refractivity contribution is 0.302. The van der Waals surface area contributed by atoms with E-state index in [1.807, 2.05) is 41.2 Å². The SMILES string of the molecule is CC(C)(C)n1nnnc1C(c1cccnc1)C(N)(Cc1ccccc1)c1cccs1. The number of benzene rings is 1. The van der Waals surface area contributed by atoms with Gasteiger partial charge < -0.3 is 5.73 Å². The molecule has 2 unspecified atom stereocenters. The molecule has 3 heterocycles. The van der Waals surface area contributed by atoms with Crippen LogP contribution in [0.2, 0.25) is 0 Å². The number of hydrogen-bond acceptors (Lipinski definition) is 6. The minimum atomic E-state index is -0.754.